The van der Waals surface area contributed by atoms with E-state index >= 15 is 0 Å². The standard InChI is InChI=1S/C11H20N2O/c1-4-5-13-11(8-12)6-9(2)14-10(3)7-11/h1,9-10,13H,5-8,12H2,2-3H3. The number of hydrogen-bond donors (Lipinski definition) is 2. The third-order valence-corrected chi connectivity index (χ3v) is 2.78. The van der Waals surface area contributed by atoms with Crippen molar-refractivity contribution in [3.05, 3.63) is 0 Å². The Morgan fingerprint density at radius 1 is 1.50 bits per heavy atom. The quantitative estimate of drug-likeness (QED) is 0.646. The Morgan fingerprint density at radius 2 is 2.07 bits per heavy atom. The Labute approximate surface area is 86.4 Å². The van der Waals surface area contributed by atoms with Gasteiger partial charge in [0.15, 0.2) is 0 Å². The maximum atomic E-state index is 5.82. The molecule has 1 aliphatic heterocycles. The minimum absolute atomic E-state index is 0.0244. The van der Waals surface area contributed by atoms with E-state index in [9.17, 15) is 0 Å². The van der Waals surface area contributed by atoms with Crippen LogP contribution in [0, 0.1) is 12.3 Å². The van der Waals surface area contributed by atoms with Gasteiger partial charge in [0.2, 0.25) is 0 Å². The number of nitrogens with two attached hydrogens (primary N) is 1. The van der Waals surface area contributed by atoms with E-state index in [0.29, 0.717) is 13.1 Å². The zero-order chi connectivity index (χ0) is 10.6. The molecule has 1 aliphatic rings. The minimum Gasteiger partial charge on any atom is -0.375 e. The van der Waals surface area contributed by atoms with Crippen LogP contribution in [0.2, 0.25) is 0 Å². The molecule has 0 spiro atoms. The fourth-order valence-corrected chi connectivity index (χ4v) is 2.30. The molecule has 1 fully saturated rings. The summed E-state index contributed by atoms with van der Waals surface area (Å²) in [6.07, 6.45) is 7.64. The highest BCUT2D eigenvalue weighted by Gasteiger charge is 2.36. The van der Waals surface area contributed by atoms with Gasteiger partial charge in [-0.25, -0.2) is 0 Å². The maximum Gasteiger partial charge on any atom is 0.0578 e. The number of ether oxygens (including phenoxy) is 1. The summed E-state index contributed by atoms with van der Waals surface area (Å²) in [5.74, 6) is 2.60. The molecule has 1 saturated heterocycles. The summed E-state index contributed by atoms with van der Waals surface area (Å²) >= 11 is 0. The van der Waals surface area contributed by atoms with Gasteiger partial charge in [-0.1, -0.05) is 5.92 Å². The lowest BCUT2D eigenvalue weighted by Gasteiger charge is -2.42. The third kappa shape index (κ3) is 2.71. The summed E-state index contributed by atoms with van der Waals surface area (Å²) in [6, 6.07) is 0. The summed E-state index contributed by atoms with van der Waals surface area (Å²) in [4.78, 5) is 0. The Bertz CT molecular complexity index is 212. The van der Waals surface area contributed by atoms with Crippen molar-refractivity contribution in [1.82, 2.24) is 5.32 Å². The van der Waals surface area contributed by atoms with Gasteiger partial charge in [-0.05, 0) is 26.7 Å². The van der Waals surface area contributed by atoms with Crippen LogP contribution in [0.4, 0.5) is 0 Å². The molecule has 1 rings (SSSR count). The van der Waals surface area contributed by atoms with Crippen LogP contribution < -0.4 is 11.1 Å². The molecule has 0 bridgehead atoms. The number of terminal acetylenes is 1. The zero-order valence-electron chi connectivity index (χ0n) is 9.05. The van der Waals surface area contributed by atoms with Crippen LogP contribution in [0.1, 0.15) is 26.7 Å². The van der Waals surface area contributed by atoms with Crippen LogP contribution in [-0.4, -0.2) is 30.8 Å². The van der Waals surface area contributed by atoms with Gasteiger partial charge < -0.3 is 10.5 Å². The average Bonchev–Trinajstić information content (AvgIpc) is 2.13. The topological polar surface area (TPSA) is 47.3 Å². The highest BCUT2D eigenvalue weighted by molar-refractivity contribution is 4.99. The highest BCUT2D eigenvalue weighted by atomic mass is 16.5. The zero-order valence-corrected chi connectivity index (χ0v) is 9.05. The first-order valence-corrected chi connectivity index (χ1v) is 5.16. The predicted octanol–water partition coefficient (Wildman–Crippen LogP) is 0.494. The van der Waals surface area contributed by atoms with Gasteiger partial charge in [0, 0.05) is 12.1 Å². The van der Waals surface area contributed by atoms with Crippen molar-refractivity contribution in [2.75, 3.05) is 13.1 Å². The number of nitrogens with one attached hydrogen (secondary N) is 1. The second-order valence-corrected chi connectivity index (χ2v) is 4.21. The molecule has 1 heterocycles. The van der Waals surface area contributed by atoms with E-state index < -0.39 is 0 Å². The van der Waals surface area contributed by atoms with E-state index in [4.69, 9.17) is 16.9 Å². The summed E-state index contributed by atoms with van der Waals surface area (Å²) in [5.41, 5.74) is 5.79. The SMILES string of the molecule is C#CCNC1(CN)CC(C)OC(C)C1. The second-order valence-electron chi connectivity index (χ2n) is 4.21. The van der Waals surface area contributed by atoms with Crippen LogP contribution in [0.25, 0.3) is 0 Å². The Hall–Kier alpha value is -0.560. The summed E-state index contributed by atoms with van der Waals surface area (Å²) in [6.45, 7) is 5.36. The molecule has 3 heteroatoms. The lowest BCUT2D eigenvalue weighted by molar-refractivity contribution is -0.0661. The van der Waals surface area contributed by atoms with Crippen molar-refractivity contribution in [2.45, 2.75) is 44.4 Å². The Balaban J connectivity index is 2.62. The predicted molar refractivity (Wildman–Crippen MR) is 57.9 cm³/mol. The van der Waals surface area contributed by atoms with E-state index in [2.05, 4.69) is 25.1 Å². The lowest BCUT2D eigenvalue weighted by atomic mass is 9.84. The molecular weight excluding hydrogens is 176 g/mol. The average molecular weight is 196 g/mol. The molecule has 0 saturated carbocycles. The molecular formula is C11H20N2O. The fourth-order valence-electron chi connectivity index (χ4n) is 2.30. The van der Waals surface area contributed by atoms with E-state index in [1.807, 2.05) is 0 Å². The molecule has 2 atom stereocenters. The van der Waals surface area contributed by atoms with Crippen LogP contribution in [-0.2, 0) is 4.74 Å². The van der Waals surface area contributed by atoms with Gasteiger partial charge >= 0.3 is 0 Å². The van der Waals surface area contributed by atoms with Crippen molar-refractivity contribution in [2.24, 2.45) is 5.73 Å². The molecule has 80 valence electrons. The van der Waals surface area contributed by atoms with E-state index in [0.717, 1.165) is 12.8 Å². The molecule has 0 aliphatic carbocycles. The molecule has 14 heavy (non-hydrogen) atoms. The third-order valence-electron chi connectivity index (χ3n) is 2.78. The molecule has 3 N–H and O–H groups in total. The van der Waals surface area contributed by atoms with Crippen LogP contribution >= 0.6 is 0 Å². The van der Waals surface area contributed by atoms with Crippen LogP contribution in [0.5, 0.6) is 0 Å². The van der Waals surface area contributed by atoms with Crippen molar-refractivity contribution >= 4 is 0 Å². The lowest BCUT2D eigenvalue weighted by Crippen LogP contribution is -2.58. The van der Waals surface area contributed by atoms with E-state index in [-0.39, 0.29) is 17.7 Å². The van der Waals surface area contributed by atoms with Gasteiger partial charge in [-0.15, -0.1) is 6.42 Å². The van der Waals surface area contributed by atoms with E-state index in [1.165, 1.54) is 0 Å². The highest BCUT2D eigenvalue weighted by Crippen LogP contribution is 2.27. The summed E-state index contributed by atoms with van der Waals surface area (Å²) in [7, 11) is 0. The maximum absolute atomic E-state index is 5.82. The van der Waals surface area contributed by atoms with Crippen LogP contribution in [0.15, 0.2) is 0 Å². The number of rotatable bonds is 3. The molecule has 3 nitrogen and oxygen atoms in total. The normalized spacial score (nSPS) is 37.9. The molecule has 0 radical (unpaired) electrons. The summed E-state index contributed by atoms with van der Waals surface area (Å²) in [5, 5.41) is 3.35. The number of hydrogen-bond acceptors (Lipinski definition) is 3. The van der Waals surface area contributed by atoms with Gasteiger partial charge in [-0.2, -0.15) is 0 Å². The van der Waals surface area contributed by atoms with Gasteiger partial charge in [0.1, 0.15) is 0 Å². The summed E-state index contributed by atoms with van der Waals surface area (Å²) < 4.78 is 5.68. The first-order chi connectivity index (χ1) is 6.62. The smallest absolute Gasteiger partial charge is 0.0578 e. The van der Waals surface area contributed by atoms with Crippen molar-refractivity contribution < 1.29 is 4.74 Å². The second kappa shape index (κ2) is 4.79. The Morgan fingerprint density at radius 3 is 2.50 bits per heavy atom. The van der Waals surface area contributed by atoms with Gasteiger partial charge in [-0.3, -0.25) is 5.32 Å². The van der Waals surface area contributed by atoms with Gasteiger partial charge in [0.05, 0.1) is 18.8 Å². The Kier molecular flexibility index (Phi) is 3.94. The first kappa shape index (κ1) is 11.5. The van der Waals surface area contributed by atoms with Crippen molar-refractivity contribution in [3.8, 4) is 12.3 Å². The fraction of sp³-hybridized carbons (Fsp3) is 0.818. The molecule has 0 aromatic heterocycles. The van der Waals surface area contributed by atoms with Crippen molar-refractivity contribution in [3.63, 3.8) is 0 Å². The molecule has 2 unspecified atom stereocenters. The van der Waals surface area contributed by atoms with Crippen molar-refractivity contribution in [1.29, 1.82) is 0 Å². The molecule has 0 amide bonds. The van der Waals surface area contributed by atoms with E-state index in [1.54, 1.807) is 0 Å². The molecule has 0 aromatic carbocycles. The minimum atomic E-state index is -0.0244. The monoisotopic (exact) mass is 196 g/mol. The van der Waals surface area contributed by atoms with Crippen LogP contribution in [0.3, 0.4) is 0 Å². The largest absolute Gasteiger partial charge is 0.375 e. The van der Waals surface area contributed by atoms with Gasteiger partial charge in [0.25, 0.3) is 0 Å². The first-order valence-electron chi connectivity index (χ1n) is 5.16. The molecule has 0 aromatic rings.